The van der Waals surface area contributed by atoms with Crippen molar-refractivity contribution >= 4 is 12.1 Å². The molecule has 1 aromatic carbocycles. The molecule has 0 spiro atoms. The number of carbonyl (C=O) groups excluding carboxylic acids is 1. The Morgan fingerprint density at radius 2 is 2.06 bits per heavy atom. The van der Waals surface area contributed by atoms with E-state index in [0.29, 0.717) is 13.1 Å². The fraction of sp³-hybridized carbons (Fsp3) is 0.522. The number of guanidine groups is 1. The van der Waals surface area contributed by atoms with Gasteiger partial charge in [0, 0.05) is 39.1 Å². The van der Waals surface area contributed by atoms with E-state index in [-0.39, 0.29) is 12.1 Å². The molecule has 2 aromatic rings. The molecule has 1 atom stereocenters. The highest BCUT2D eigenvalue weighted by molar-refractivity contribution is 5.80. The topological polar surface area (TPSA) is 83.8 Å². The molecule has 0 unspecified atom stereocenters. The molecule has 1 aliphatic heterocycles. The van der Waals surface area contributed by atoms with Gasteiger partial charge in [-0.1, -0.05) is 30.3 Å². The van der Waals surface area contributed by atoms with Crippen LogP contribution in [-0.4, -0.2) is 58.3 Å². The number of nitrogens with zero attached hydrogens (tertiary/aromatic N) is 4. The molecule has 0 saturated carbocycles. The summed E-state index contributed by atoms with van der Waals surface area (Å²) in [6.07, 6.45) is 5.29. The minimum Gasteiger partial charge on any atom is -0.444 e. The third kappa shape index (κ3) is 7.01. The van der Waals surface area contributed by atoms with Gasteiger partial charge in [0.25, 0.3) is 0 Å². The van der Waals surface area contributed by atoms with Crippen LogP contribution in [0.15, 0.2) is 47.7 Å². The molecule has 3 rings (SSSR count). The van der Waals surface area contributed by atoms with Crippen LogP contribution in [0.1, 0.15) is 38.6 Å². The SMILES string of the molecule is CN=C(NCc1nccn1CCc1ccccc1)N1CC[C@@H](NC(=O)OC(C)(C)C)C1. The number of nitrogens with one attached hydrogen (secondary N) is 2. The van der Waals surface area contributed by atoms with Gasteiger partial charge in [-0.15, -0.1) is 0 Å². The molecule has 0 radical (unpaired) electrons. The number of amides is 1. The molecule has 8 nitrogen and oxygen atoms in total. The van der Waals surface area contributed by atoms with Crippen molar-refractivity contribution in [3.8, 4) is 0 Å². The van der Waals surface area contributed by atoms with Crippen molar-refractivity contribution in [2.75, 3.05) is 20.1 Å². The largest absolute Gasteiger partial charge is 0.444 e. The Balaban J connectivity index is 1.48. The van der Waals surface area contributed by atoms with Crippen molar-refractivity contribution in [3.05, 3.63) is 54.1 Å². The molecular formula is C23H34N6O2. The van der Waals surface area contributed by atoms with Gasteiger partial charge < -0.3 is 24.8 Å². The molecule has 1 aliphatic rings. The average Bonchev–Trinajstić information content (AvgIpc) is 3.36. The average molecular weight is 427 g/mol. The van der Waals surface area contributed by atoms with E-state index in [4.69, 9.17) is 4.74 Å². The minimum atomic E-state index is -0.498. The number of likely N-dealkylation sites (tertiary alicyclic amines) is 1. The smallest absolute Gasteiger partial charge is 0.407 e. The van der Waals surface area contributed by atoms with Crippen molar-refractivity contribution in [1.29, 1.82) is 0 Å². The molecule has 0 aliphatic carbocycles. The van der Waals surface area contributed by atoms with Crippen LogP contribution >= 0.6 is 0 Å². The Morgan fingerprint density at radius 3 is 2.77 bits per heavy atom. The van der Waals surface area contributed by atoms with Gasteiger partial charge in [-0.25, -0.2) is 9.78 Å². The predicted octanol–water partition coefficient (Wildman–Crippen LogP) is 2.80. The van der Waals surface area contributed by atoms with Crippen LogP contribution < -0.4 is 10.6 Å². The van der Waals surface area contributed by atoms with Crippen LogP contribution in [0.3, 0.4) is 0 Å². The lowest BCUT2D eigenvalue weighted by Crippen LogP contribution is -2.44. The lowest BCUT2D eigenvalue weighted by Gasteiger charge is -2.23. The van der Waals surface area contributed by atoms with Gasteiger partial charge in [-0.2, -0.15) is 0 Å². The Kier molecular flexibility index (Phi) is 7.55. The Morgan fingerprint density at radius 1 is 1.29 bits per heavy atom. The van der Waals surface area contributed by atoms with E-state index >= 15 is 0 Å². The summed E-state index contributed by atoms with van der Waals surface area (Å²) in [5.41, 5.74) is 0.814. The summed E-state index contributed by atoms with van der Waals surface area (Å²) >= 11 is 0. The van der Waals surface area contributed by atoms with E-state index < -0.39 is 5.60 Å². The number of aliphatic imine (C=N–C) groups is 1. The quantitative estimate of drug-likeness (QED) is 0.548. The molecule has 1 saturated heterocycles. The summed E-state index contributed by atoms with van der Waals surface area (Å²) in [7, 11) is 1.78. The third-order valence-electron chi connectivity index (χ3n) is 5.11. The second-order valence-corrected chi connectivity index (χ2v) is 8.75. The van der Waals surface area contributed by atoms with Gasteiger partial charge in [0.15, 0.2) is 5.96 Å². The summed E-state index contributed by atoms with van der Waals surface area (Å²) in [4.78, 5) is 23.1. The fourth-order valence-corrected chi connectivity index (χ4v) is 3.64. The van der Waals surface area contributed by atoms with Gasteiger partial charge in [0.1, 0.15) is 11.4 Å². The zero-order chi connectivity index (χ0) is 22.3. The number of hydrogen-bond donors (Lipinski definition) is 2. The third-order valence-corrected chi connectivity index (χ3v) is 5.11. The van der Waals surface area contributed by atoms with Crippen molar-refractivity contribution in [2.24, 2.45) is 4.99 Å². The van der Waals surface area contributed by atoms with Crippen molar-refractivity contribution in [3.63, 3.8) is 0 Å². The molecule has 0 bridgehead atoms. The fourth-order valence-electron chi connectivity index (χ4n) is 3.64. The Labute approximate surface area is 184 Å². The number of carbonyl (C=O) groups is 1. The number of imidazole rings is 1. The van der Waals surface area contributed by atoms with Crippen LogP contribution in [-0.2, 0) is 24.2 Å². The second-order valence-electron chi connectivity index (χ2n) is 8.75. The van der Waals surface area contributed by atoms with Crippen LogP contribution in [0.5, 0.6) is 0 Å². The van der Waals surface area contributed by atoms with Crippen LogP contribution in [0, 0.1) is 0 Å². The van der Waals surface area contributed by atoms with Crippen LogP contribution in [0.2, 0.25) is 0 Å². The molecule has 1 amide bonds. The highest BCUT2D eigenvalue weighted by Crippen LogP contribution is 2.12. The van der Waals surface area contributed by atoms with E-state index in [1.807, 2.05) is 39.2 Å². The number of hydrogen-bond acceptors (Lipinski definition) is 4. The summed E-state index contributed by atoms with van der Waals surface area (Å²) in [6.45, 7) is 8.58. The Bertz CT molecular complexity index is 872. The summed E-state index contributed by atoms with van der Waals surface area (Å²) in [5.74, 6) is 1.78. The van der Waals surface area contributed by atoms with Crippen LogP contribution in [0.25, 0.3) is 0 Å². The standard InChI is InChI=1S/C23H34N6O2/c1-23(2,3)31-22(30)27-19-11-14-29(17-19)21(24-4)26-16-20-25-12-15-28(20)13-10-18-8-6-5-7-9-18/h5-9,12,15,19H,10-11,13-14,16-17H2,1-4H3,(H,24,26)(H,27,30)/t19-/m1/s1. The first-order valence-corrected chi connectivity index (χ1v) is 10.8. The monoisotopic (exact) mass is 426 g/mol. The normalized spacial score (nSPS) is 17.0. The summed E-state index contributed by atoms with van der Waals surface area (Å²) in [5, 5.41) is 6.37. The molecule has 8 heteroatoms. The zero-order valence-corrected chi connectivity index (χ0v) is 19.0. The second kappa shape index (κ2) is 10.3. The molecular weight excluding hydrogens is 392 g/mol. The first kappa shape index (κ1) is 22.7. The van der Waals surface area contributed by atoms with E-state index in [9.17, 15) is 4.79 Å². The number of ether oxygens (including phenoxy) is 1. The first-order valence-electron chi connectivity index (χ1n) is 10.8. The number of aromatic nitrogens is 2. The molecule has 168 valence electrons. The number of alkyl carbamates (subject to hydrolysis) is 1. The van der Waals surface area contributed by atoms with E-state index in [1.165, 1.54) is 5.56 Å². The van der Waals surface area contributed by atoms with Gasteiger partial charge in [0.2, 0.25) is 0 Å². The Hall–Kier alpha value is -3.03. The number of benzene rings is 1. The lowest BCUT2D eigenvalue weighted by atomic mass is 10.1. The zero-order valence-electron chi connectivity index (χ0n) is 19.0. The minimum absolute atomic E-state index is 0.0428. The maximum absolute atomic E-state index is 12.0. The first-order chi connectivity index (χ1) is 14.8. The van der Waals surface area contributed by atoms with Crippen molar-refractivity contribution in [2.45, 2.75) is 58.3 Å². The van der Waals surface area contributed by atoms with Gasteiger partial charge in [-0.3, -0.25) is 4.99 Å². The molecule has 1 aromatic heterocycles. The maximum Gasteiger partial charge on any atom is 0.407 e. The van der Waals surface area contributed by atoms with E-state index in [1.54, 1.807) is 7.05 Å². The molecule has 31 heavy (non-hydrogen) atoms. The van der Waals surface area contributed by atoms with Gasteiger partial charge >= 0.3 is 6.09 Å². The van der Waals surface area contributed by atoms with Gasteiger partial charge in [0.05, 0.1) is 12.6 Å². The molecule has 2 heterocycles. The lowest BCUT2D eigenvalue weighted by molar-refractivity contribution is 0.0507. The van der Waals surface area contributed by atoms with Crippen LogP contribution in [0.4, 0.5) is 4.79 Å². The van der Waals surface area contributed by atoms with Gasteiger partial charge in [-0.05, 0) is 39.2 Å². The molecule has 2 N–H and O–H groups in total. The molecule has 1 fully saturated rings. The maximum atomic E-state index is 12.0. The summed E-state index contributed by atoms with van der Waals surface area (Å²) < 4.78 is 7.53. The van der Waals surface area contributed by atoms with Crippen molar-refractivity contribution < 1.29 is 9.53 Å². The highest BCUT2D eigenvalue weighted by atomic mass is 16.6. The van der Waals surface area contributed by atoms with E-state index in [0.717, 1.165) is 37.7 Å². The van der Waals surface area contributed by atoms with E-state index in [2.05, 4.69) is 54.3 Å². The number of aryl methyl sites for hydroxylation is 2. The van der Waals surface area contributed by atoms with Crippen molar-refractivity contribution in [1.82, 2.24) is 25.1 Å². The summed E-state index contributed by atoms with van der Waals surface area (Å²) in [6, 6.07) is 10.5. The highest BCUT2D eigenvalue weighted by Gasteiger charge is 2.27. The predicted molar refractivity (Wildman–Crippen MR) is 122 cm³/mol. The number of rotatable bonds is 6.